The van der Waals surface area contributed by atoms with Gasteiger partial charge in [0.05, 0.1) is 16.1 Å². The molecule has 0 radical (unpaired) electrons. The van der Waals surface area contributed by atoms with Gasteiger partial charge in [-0.25, -0.2) is 0 Å². The number of hydrogen-bond donors (Lipinski definition) is 2. The van der Waals surface area contributed by atoms with Gasteiger partial charge in [0.15, 0.2) is 0 Å². The van der Waals surface area contributed by atoms with E-state index in [9.17, 15) is 5.11 Å². The highest BCUT2D eigenvalue weighted by Crippen LogP contribution is 2.30. The highest BCUT2D eigenvalue weighted by atomic mass is 35.5. The Balaban J connectivity index is 0.00000289. The van der Waals surface area contributed by atoms with Gasteiger partial charge in [-0.05, 0) is 29.5 Å². The van der Waals surface area contributed by atoms with Crippen LogP contribution >= 0.6 is 35.6 Å². The molecule has 0 heterocycles. The van der Waals surface area contributed by atoms with Gasteiger partial charge in [-0.15, -0.1) is 12.4 Å². The van der Waals surface area contributed by atoms with E-state index in [1.807, 2.05) is 0 Å². The SMILES string of the molecule is CC(C)(C)[C@@H](N)C[C@@H](O)c1ccc(Cl)c(Cl)c1.Cl. The Morgan fingerprint density at radius 2 is 1.78 bits per heavy atom. The second-order valence-corrected chi connectivity index (χ2v) is 6.21. The molecule has 0 amide bonds. The summed E-state index contributed by atoms with van der Waals surface area (Å²) in [5, 5.41) is 11.0. The van der Waals surface area contributed by atoms with E-state index in [1.54, 1.807) is 18.2 Å². The van der Waals surface area contributed by atoms with Crippen LogP contribution in [0.4, 0.5) is 0 Å². The molecule has 2 atom stereocenters. The van der Waals surface area contributed by atoms with E-state index >= 15 is 0 Å². The normalized spacial score (nSPS) is 14.8. The summed E-state index contributed by atoms with van der Waals surface area (Å²) in [4.78, 5) is 0. The minimum Gasteiger partial charge on any atom is -0.388 e. The summed E-state index contributed by atoms with van der Waals surface area (Å²) in [6, 6.07) is 5.07. The third-order valence-corrected chi connectivity index (χ3v) is 3.66. The van der Waals surface area contributed by atoms with Gasteiger partial charge in [0.2, 0.25) is 0 Å². The maximum absolute atomic E-state index is 10.1. The first-order valence-corrected chi connectivity index (χ1v) is 6.36. The van der Waals surface area contributed by atoms with Crippen molar-refractivity contribution in [3.05, 3.63) is 33.8 Å². The fourth-order valence-electron chi connectivity index (χ4n) is 1.45. The predicted octanol–water partition coefficient (Wildman–Crippen LogP) is 4.21. The molecule has 0 fully saturated rings. The van der Waals surface area contributed by atoms with Crippen molar-refractivity contribution in [1.29, 1.82) is 0 Å². The van der Waals surface area contributed by atoms with Gasteiger partial charge >= 0.3 is 0 Å². The lowest BCUT2D eigenvalue weighted by Crippen LogP contribution is -2.36. The summed E-state index contributed by atoms with van der Waals surface area (Å²) in [6.07, 6.45) is -0.111. The summed E-state index contributed by atoms with van der Waals surface area (Å²) in [5.74, 6) is 0. The summed E-state index contributed by atoms with van der Waals surface area (Å²) >= 11 is 11.7. The van der Waals surface area contributed by atoms with Gasteiger partial charge < -0.3 is 10.8 Å². The van der Waals surface area contributed by atoms with E-state index in [2.05, 4.69) is 20.8 Å². The largest absolute Gasteiger partial charge is 0.388 e. The minimum absolute atomic E-state index is 0. The average molecular weight is 313 g/mol. The minimum atomic E-state index is -0.612. The molecule has 0 unspecified atom stereocenters. The van der Waals surface area contributed by atoms with Crippen LogP contribution in [0.15, 0.2) is 18.2 Å². The van der Waals surface area contributed by atoms with Gasteiger partial charge in [0, 0.05) is 6.04 Å². The molecule has 5 heteroatoms. The van der Waals surface area contributed by atoms with E-state index in [0.717, 1.165) is 5.56 Å². The molecule has 1 aromatic carbocycles. The van der Waals surface area contributed by atoms with Crippen LogP contribution in [0.1, 0.15) is 38.9 Å². The first-order chi connectivity index (χ1) is 7.71. The van der Waals surface area contributed by atoms with Crippen LogP contribution in [0, 0.1) is 5.41 Å². The third kappa shape index (κ3) is 4.94. The third-order valence-electron chi connectivity index (χ3n) is 2.92. The Morgan fingerprint density at radius 1 is 1.22 bits per heavy atom. The van der Waals surface area contributed by atoms with Crippen LogP contribution in [0.3, 0.4) is 0 Å². The molecule has 0 aliphatic carbocycles. The van der Waals surface area contributed by atoms with Crippen molar-refractivity contribution < 1.29 is 5.11 Å². The number of nitrogens with two attached hydrogens (primary N) is 1. The Kier molecular flexibility index (Phi) is 6.97. The molecule has 104 valence electrons. The number of halogens is 3. The second kappa shape index (κ2) is 6.97. The maximum atomic E-state index is 10.1. The second-order valence-electron chi connectivity index (χ2n) is 5.40. The number of aliphatic hydroxyl groups is 1. The number of rotatable bonds is 3. The molecule has 0 aromatic heterocycles. The van der Waals surface area contributed by atoms with Crippen molar-refractivity contribution in [2.75, 3.05) is 0 Å². The zero-order valence-electron chi connectivity index (χ0n) is 10.8. The summed E-state index contributed by atoms with van der Waals surface area (Å²) < 4.78 is 0. The first kappa shape index (κ1) is 18.0. The predicted molar refractivity (Wildman–Crippen MR) is 80.7 cm³/mol. The molecule has 0 aliphatic heterocycles. The first-order valence-electron chi connectivity index (χ1n) is 5.60. The molecule has 0 bridgehead atoms. The number of aliphatic hydroxyl groups excluding tert-OH is 1. The fraction of sp³-hybridized carbons (Fsp3) is 0.538. The van der Waals surface area contributed by atoms with Crippen LogP contribution in [0.5, 0.6) is 0 Å². The van der Waals surface area contributed by atoms with Crippen LogP contribution in [-0.4, -0.2) is 11.1 Å². The highest BCUT2D eigenvalue weighted by molar-refractivity contribution is 6.42. The highest BCUT2D eigenvalue weighted by Gasteiger charge is 2.24. The molecule has 18 heavy (non-hydrogen) atoms. The molecule has 0 saturated heterocycles. The van der Waals surface area contributed by atoms with E-state index in [1.165, 1.54) is 0 Å². The molecule has 3 N–H and O–H groups in total. The van der Waals surface area contributed by atoms with Crippen LogP contribution < -0.4 is 5.73 Å². The average Bonchev–Trinajstić information content (AvgIpc) is 2.20. The van der Waals surface area contributed by atoms with Gasteiger partial charge in [-0.2, -0.15) is 0 Å². The molecule has 2 nitrogen and oxygen atoms in total. The van der Waals surface area contributed by atoms with E-state index in [0.29, 0.717) is 16.5 Å². The standard InChI is InChI=1S/C13H19Cl2NO.ClH/c1-13(2,3)12(16)7-11(17)8-4-5-9(14)10(15)6-8;/h4-6,11-12,17H,7,16H2,1-3H3;1H/t11-,12+;/m1./s1. The van der Waals surface area contributed by atoms with Crippen LogP contribution in [0.25, 0.3) is 0 Å². The summed E-state index contributed by atoms with van der Waals surface area (Å²) in [5.41, 5.74) is 6.76. The topological polar surface area (TPSA) is 46.2 Å². The van der Waals surface area contributed by atoms with Crippen LogP contribution in [-0.2, 0) is 0 Å². The molecule has 1 aromatic rings. The van der Waals surface area contributed by atoms with E-state index < -0.39 is 6.10 Å². The van der Waals surface area contributed by atoms with Gasteiger partial charge in [-0.1, -0.05) is 50.0 Å². The number of hydrogen-bond acceptors (Lipinski definition) is 2. The van der Waals surface area contributed by atoms with Crippen molar-refractivity contribution in [2.24, 2.45) is 11.1 Å². The zero-order valence-corrected chi connectivity index (χ0v) is 13.1. The molecule has 1 rings (SSSR count). The zero-order chi connectivity index (χ0) is 13.2. The molecule has 0 spiro atoms. The van der Waals surface area contributed by atoms with Crippen LogP contribution in [0.2, 0.25) is 10.0 Å². The summed E-state index contributed by atoms with van der Waals surface area (Å²) in [7, 11) is 0. The van der Waals surface area contributed by atoms with E-state index in [4.69, 9.17) is 28.9 Å². The van der Waals surface area contributed by atoms with Crippen molar-refractivity contribution in [2.45, 2.75) is 39.3 Å². The fourth-order valence-corrected chi connectivity index (χ4v) is 1.76. The lowest BCUT2D eigenvalue weighted by molar-refractivity contribution is 0.133. The Hall–Kier alpha value is 0.01000. The lowest BCUT2D eigenvalue weighted by Gasteiger charge is -2.29. The van der Waals surface area contributed by atoms with Gasteiger partial charge in [0.25, 0.3) is 0 Å². The molecular weight excluding hydrogens is 293 g/mol. The molecular formula is C13H20Cl3NO. The van der Waals surface area contributed by atoms with Crippen molar-refractivity contribution in [3.63, 3.8) is 0 Å². The smallest absolute Gasteiger partial charge is 0.0805 e. The van der Waals surface area contributed by atoms with Gasteiger partial charge in [0.1, 0.15) is 0 Å². The summed E-state index contributed by atoms with van der Waals surface area (Å²) in [6.45, 7) is 6.16. The Labute approximate surface area is 125 Å². The van der Waals surface area contributed by atoms with E-state index in [-0.39, 0.29) is 23.9 Å². The maximum Gasteiger partial charge on any atom is 0.0805 e. The van der Waals surface area contributed by atoms with Gasteiger partial charge in [-0.3, -0.25) is 0 Å². The van der Waals surface area contributed by atoms with Crippen molar-refractivity contribution in [3.8, 4) is 0 Å². The Morgan fingerprint density at radius 3 is 2.22 bits per heavy atom. The molecule has 0 saturated carbocycles. The van der Waals surface area contributed by atoms with Crippen molar-refractivity contribution in [1.82, 2.24) is 0 Å². The lowest BCUT2D eigenvalue weighted by atomic mass is 9.83. The quantitative estimate of drug-likeness (QED) is 0.878. The van der Waals surface area contributed by atoms with Crippen molar-refractivity contribution >= 4 is 35.6 Å². The monoisotopic (exact) mass is 311 g/mol. The molecule has 0 aliphatic rings. The Bertz CT molecular complexity index is 390. The number of benzene rings is 1.